The molecule has 0 aliphatic heterocycles. The van der Waals surface area contributed by atoms with E-state index < -0.39 is 0 Å². The van der Waals surface area contributed by atoms with Crippen molar-refractivity contribution in [3.05, 3.63) is 24.8 Å². The minimum atomic E-state index is -0.339. The van der Waals surface area contributed by atoms with E-state index in [2.05, 4.69) is 13.2 Å². The minimum Gasteiger partial charge on any atom is -0.454 e. The molecule has 0 aromatic heterocycles. The van der Waals surface area contributed by atoms with Gasteiger partial charge in [0, 0.05) is 6.08 Å². The van der Waals surface area contributed by atoms with Crippen molar-refractivity contribution in [1.29, 1.82) is 0 Å². The SMILES string of the molecule is C=CC(=O)OC(C(=C)C)C1CCCCC1. The molecule has 1 saturated carbocycles. The van der Waals surface area contributed by atoms with Crippen LogP contribution in [-0.4, -0.2) is 12.1 Å². The third-order valence-electron chi connectivity index (χ3n) is 2.97. The van der Waals surface area contributed by atoms with E-state index in [0.717, 1.165) is 18.4 Å². The van der Waals surface area contributed by atoms with Crippen molar-refractivity contribution in [2.75, 3.05) is 0 Å². The molecule has 1 unspecified atom stereocenters. The molecule has 0 spiro atoms. The summed E-state index contributed by atoms with van der Waals surface area (Å²) >= 11 is 0. The number of carbonyl (C=O) groups excluding carboxylic acids is 1. The van der Waals surface area contributed by atoms with Gasteiger partial charge in [-0.15, -0.1) is 0 Å². The van der Waals surface area contributed by atoms with Gasteiger partial charge in [-0.05, 0) is 31.3 Å². The van der Waals surface area contributed by atoms with E-state index in [4.69, 9.17) is 4.74 Å². The lowest BCUT2D eigenvalue weighted by Gasteiger charge is -2.29. The van der Waals surface area contributed by atoms with Crippen LogP contribution in [0.2, 0.25) is 0 Å². The zero-order valence-corrected chi connectivity index (χ0v) is 9.50. The summed E-state index contributed by atoms with van der Waals surface area (Å²) in [7, 11) is 0. The molecule has 0 radical (unpaired) electrons. The highest BCUT2D eigenvalue weighted by atomic mass is 16.5. The number of hydrogen-bond donors (Lipinski definition) is 0. The maximum atomic E-state index is 11.2. The Morgan fingerprint density at radius 1 is 1.40 bits per heavy atom. The summed E-state index contributed by atoms with van der Waals surface area (Å²) < 4.78 is 5.34. The highest BCUT2D eigenvalue weighted by Crippen LogP contribution is 2.30. The molecule has 1 aliphatic carbocycles. The van der Waals surface area contributed by atoms with E-state index in [1.54, 1.807) is 0 Å². The Morgan fingerprint density at radius 2 is 2.00 bits per heavy atom. The summed E-state index contributed by atoms with van der Waals surface area (Å²) in [6, 6.07) is 0. The first-order chi connectivity index (χ1) is 7.15. The molecule has 0 N–H and O–H groups in total. The lowest BCUT2D eigenvalue weighted by molar-refractivity contribution is -0.144. The molecule has 84 valence electrons. The number of hydrogen-bond acceptors (Lipinski definition) is 2. The monoisotopic (exact) mass is 208 g/mol. The van der Waals surface area contributed by atoms with Crippen LogP contribution in [0.1, 0.15) is 39.0 Å². The Hall–Kier alpha value is -1.05. The first-order valence-corrected chi connectivity index (χ1v) is 5.63. The Labute approximate surface area is 92.0 Å². The van der Waals surface area contributed by atoms with Crippen LogP contribution in [-0.2, 0) is 9.53 Å². The quantitative estimate of drug-likeness (QED) is 0.403. The highest BCUT2D eigenvalue weighted by Gasteiger charge is 2.26. The number of ether oxygens (including phenoxy) is 1. The molecule has 1 atom stereocenters. The Balaban J connectivity index is 2.59. The maximum Gasteiger partial charge on any atom is 0.330 e. The number of carbonyl (C=O) groups is 1. The van der Waals surface area contributed by atoms with Gasteiger partial charge in [-0.3, -0.25) is 0 Å². The van der Waals surface area contributed by atoms with Crippen molar-refractivity contribution in [3.63, 3.8) is 0 Å². The van der Waals surface area contributed by atoms with Gasteiger partial charge in [-0.2, -0.15) is 0 Å². The lowest BCUT2D eigenvalue weighted by Crippen LogP contribution is -2.28. The summed E-state index contributed by atoms with van der Waals surface area (Å²) in [5.74, 6) is 0.119. The Morgan fingerprint density at radius 3 is 2.47 bits per heavy atom. The number of rotatable bonds is 4. The van der Waals surface area contributed by atoms with Crippen LogP contribution in [0.3, 0.4) is 0 Å². The number of esters is 1. The third kappa shape index (κ3) is 3.54. The zero-order chi connectivity index (χ0) is 11.3. The average molecular weight is 208 g/mol. The molecular weight excluding hydrogens is 188 g/mol. The lowest BCUT2D eigenvalue weighted by atomic mass is 9.83. The van der Waals surface area contributed by atoms with Crippen molar-refractivity contribution in [2.45, 2.75) is 45.1 Å². The van der Waals surface area contributed by atoms with Gasteiger partial charge in [-0.25, -0.2) is 4.79 Å². The second kappa shape index (κ2) is 5.74. The van der Waals surface area contributed by atoms with Gasteiger partial charge in [0.25, 0.3) is 0 Å². The van der Waals surface area contributed by atoms with Gasteiger partial charge in [0.2, 0.25) is 0 Å². The summed E-state index contributed by atoms with van der Waals surface area (Å²) in [5, 5.41) is 0. The molecule has 0 aromatic carbocycles. The fourth-order valence-electron chi connectivity index (χ4n) is 2.21. The second-order valence-electron chi connectivity index (χ2n) is 4.31. The van der Waals surface area contributed by atoms with Gasteiger partial charge in [0.15, 0.2) is 0 Å². The fraction of sp³-hybridized carbons (Fsp3) is 0.615. The predicted octanol–water partition coefficient (Wildman–Crippen LogP) is 3.24. The van der Waals surface area contributed by atoms with Crippen LogP contribution in [0.15, 0.2) is 24.8 Å². The molecule has 1 fully saturated rings. The van der Waals surface area contributed by atoms with Gasteiger partial charge in [0.1, 0.15) is 6.10 Å². The topological polar surface area (TPSA) is 26.3 Å². The van der Waals surface area contributed by atoms with E-state index in [1.165, 1.54) is 25.3 Å². The van der Waals surface area contributed by atoms with Gasteiger partial charge in [-0.1, -0.05) is 32.4 Å². The van der Waals surface area contributed by atoms with Crippen LogP contribution < -0.4 is 0 Å². The summed E-state index contributed by atoms with van der Waals surface area (Å²) in [4.78, 5) is 11.2. The second-order valence-corrected chi connectivity index (χ2v) is 4.31. The predicted molar refractivity (Wildman–Crippen MR) is 61.5 cm³/mol. The fourth-order valence-corrected chi connectivity index (χ4v) is 2.21. The molecule has 1 aliphatic rings. The first-order valence-electron chi connectivity index (χ1n) is 5.63. The van der Waals surface area contributed by atoms with Gasteiger partial charge >= 0.3 is 5.97 Å². The summed E-state index contributed by atoms with van der Waals surface area (Å²) in [6.07, 6.45) is 7.16. The molecule has 2 nitrogen and oxygen atoms in total. The molecule has 2 heteroatoms. The molecule has 0 bridgehead atoms. The van der Waals surface area contributed by atoms with Crippen molar-refractivity contribution < 1.29 is 9.53 Å². The van der Waals surface area contributed by atoms with E-state index in [9.17, 15) is 4.79 Å². The average Bonchev–Trinajstić information content (AvgIpc) is 2.26. The van der Waals surface area contributed by atoms with Crippen LogP contribution in [0.4, 0.5) is 0 Å². The van der Waals surface area contributed by atoms with Gasteiger partial charge in [0.05, 0.1) is 0 Å². The van der Waals surface area contributed by atoms with Crippen molar-refractivity contribution in [2.24, 2.45) is 5.92 Å². The van der Waals surface area contributed by atoms with Gasteiger partial charge < -0.3 is 4.74 Å². The normalized spacial score (nSPS) is 19.3. The zero-order valence-electron chi connectivity index (χ0n) is 9.50. The minimum absolute atomic E-state index is 0.115. The molecule has 0 amide bonds. The van der Waals surface area contributed by atoms with E-state index in [1.807, 2.05) is 6.92 Å². The largest absolute Gasteiger partial charge is 0.454 e. The van der Waals surface area contributed by atoms with Crippen LogP contribution in [0, 0.1) is 5.92 Å². The first kappa shape index (κ1) is 12.0. The van der Waals surface area contributed by atoms with E-state index in [0.29, 0.717) is 5.92 Å². The Kier molecular flexibility index (Phi) is 4.60. The van der Waals surface area contributed by atoms with Crippen LogP contribution in [0.25, 0.3) is 0 Å². The van der Waals surface area contributed by atoms with Crippen LogP contribution in [0.5, 0.6) is 0 Å². The van der Waals surface area contributed by atoms with Crippen LogP contribution >= 0.6 is 0 Å². The molecule has 15 heavy (non-hydrogen) atoms. The standard InChI is InChI=1S/C13H20O2/c1-4-12(14)15-13(10(2)3)11-8-6-5-7-9-11/h4,11,13H,1-2,5-9H2,3H3. The van der Waals surface area contributed by atoms with Crippen molar-refractivity contribution in [1.82, 2.24) is 0 Å². The molecule has 0 aromatic rings. The van der Waals surface area contributed by atoms with Crippen molar-refractivity contribution in [3.8, 4) is 0 Å². The molecular formula is C13H20O2. The molecule has 1 rings (SSSR count). The highest BCUT2D eigenvalue weighted by molar-refractivity contribution is 5.81. The third-order valence-corrected chi connectivity index (χ3v) is 2.97. The molecule has 0 heterocycles. The molecule has 0 saturated heterocycles. The Bertz CT molecular complexity index is 249. The smallest absolute Gasteiger partial charge is 0.330 e. The summed E-state index contributed by atoms with van der Waals surface area (Å²) in [6.45, 7) is 9.25. The summed E-state index contributed by atoms with van der Waals surface area (Å²) in [5.41, 5.74) is 0.942. The van der Waals surface area contributed by atoms with E-state index >= 15 is 0 Å². The maximum absolute atomic E-state index is 11.2. The van der Waals surface area contributed by atoms with E-state index in [-0.39, 0.29) is 12.1 Å². The van der Waals surface area contributed by atoms with Crippen molar-refractivity contribution >= 4 is 5.97 Å².